The SMILES string of the molecule is CCCCCCCCCCCCC(=O)OC[C@H](COP(=O)(O)OC[C@@H](O)COP(=O)(O)OC[C@@H](COC(=O)CCCCCCC)OC(=O)CCCCCCCCC)OC(=O)CCCCCCCCCCCCC(C)C. The van der Waals surface area contributed by atoms with Gasteiger partial charge in [0.2, 0.25) is 0 Å². The number of hydrogen-bond acceptors (Lipinski definition) is 15. The van der Waals surface area contributed by atoms with Gasteiger partial charge < -0.3 is 33.8 Å². The molecule has 0 bridgehead atoms. The van der Waals surface area contributed by atoms with Crippen molar-refractivity contribution in [3.63, 3.8) is 0 Å². The second kappa shape index (κ2) is 50.3. The zero-order valence-corrected chi connectivity index (χ0v) is 49.5. The second-order valence-corrected chi connectivity index (χ2v) is 23.7. The number of phosphoric ester groups is 2. The summed E-state index contributed by atoms with van der Waals surface area (Å²) in [7, 11) is -9.85. The molecule has 19 heteroatoms. The van der Waals surface area contributed by atoms with Crippen LogP contribution in [0.25, 0.3) is 0 Å². The van der Waals surface area contributed by atoms with E-state index in [1.54, 1.807) is 0 Å². The van der Waals surface area contributed by atoms with Crippen LogP contribution in [0.4, 0.5) is 0 Å². The third-order valence-corrected chi connectivity index (χ3v) is 14.7. The van der Waals surface area contributed by atoms with E-state index in [2.05, 4.69) is 34.6 Å². The Morgan fingerprint density at radius 2 is 0.613 bits per heavy atom. The number of esters is 4. The summed E-state index contributed by atoms with van der Waals surface area (Å²) in [5.74, 6) is -1.41. The number of unbranched alkanes of at least 4 members (excludes halogenated alkanes) is 28. The molecule has 75 heavy (non-hydrogen) atoms. The summed E-state index contributed by atoms with van der Waals surface area (Å²) in [4.78, 5) is 71.4. The van der Waals surface area contributed by atoms with E-state index < -0.39 is 97.5 Å². The zero-order chi connectivity index (χ0) is 55.7. The molecule has 0 saturated heterocycles. The maximum atomic E-state index is 12.9. The molecule has 0 spiro atoms. The molecule has 2 unspecified atom stereocenters. The Kier molecular flexibility index (Phi) is 49.0. The smallest absolute Gasteiger partial charge is 0.462 e. The summed E-state index contributed by atoms with van der Waals surface area (Å²) in [6.45, 7) is 6.98. The number of carbonyl (C=O) groups is 4. The summed E-state index contributed by atoms with van der Waals surface area (Å²) >= 11 is 0. The molecule has 0 aliphatic rings. The fourth-order valence-electron chi connectivity index (χ4n) is 8.17. The van der Waals surface area contributed by atoms with Crippen molar-refractivity contribution < 1.29 is 80.2 Å². The van der Waals surface area contributed by atoms with Crippen LogP contribution in [0.1, 0.15) is 272 Å². The number of hydrogen-bond donors (Lipinski definition) is 3. The van der Waals surface area contributed by atoms with Crippen LogP contribution in [0.15, 0.2) is 0 Å². The van der Waals surface area contributed by atoms with Crippen molar-refractivity contribution in [1.29, 1.82) is 0 Å². The van der Waals surface area contributed by atoms with Gasteiger partial charge in [-0.2, -0.15) is 0 Å². The van der Waals surface area contributed by atoms with Gasteiger partial charge in [0.1, 0.15) is 19.3 Å². The van der Waals surface area contributed by atoms with Gasteiger partial charge in [-0.05, 0) is 31.6 Å². The van der Waals surface area contributed by atoms with Gasteiger partial charge in [0.25, 0.3) is 0 Å². The lowest BCUT2D eigenvalue weighted by Gasteiger charge is -2.21. The van der Waals surface area contributed by atoms with Crippen molar-refractivity contribution in [2.75, 3.05) is 39.6 Å². The molecule has 0 fully saturated rings. The first kappa shape index (κ1) is 73.1. The summed E-state index contributed by atoms with van der Waals surface area (Å²) in [6.07, 6.45) is 31.2. The number of aliphatic hydroxyl groups excluding tert-OH is 1. The molecule has 0 radical (unpaired) electrons. The minimum absolute atomic E-state index is 0.103. The summed E-state index contributed by atoms with van der Waals surface area (Å²) in [5.41, 5.74) is 0. The monoisotopic (exact) mass is 1110 g/mol. The lowest BCUT2D eigenvalue weighted by molar-refractivity contribution is -0.161. The van der Waals surface area contributed by atoms with Crippen LogP contribution in [-0.2, 0) is 65.4 Å². The largest absolute Gasteiger partial charge is 0.472 e. The number of ether oxygens (including phenoxy) is 4. The lowest BCUT2D eigenvalue weighted by Crippen LogP contribution is -2.30. The third-order valence-electron chi connectivity index (χ3n) is 12.8. The molecule has 0 rings (SSSR count). The van der Waals surface area contributed by atoms with Crippen LogP contribution < -0.4 is 0 Å². The molecule has 0 aliphatic heterocycles. The Balaban J connectivity index is 5.17. The molecule has 0 heterocycles. The Labute approximate surface area is 454 Å². The van der Waals surface area contributed by atoms with Crippen molar-refractivity contribution in [3.8, 4) is 0 Å². The van der Waals surface area contributed by atoms with Crippen molar-refractivity contribution in [3.05, 3.63) is 0 Å². The average Bonchev–Trinajstić information content (AvgIpc) is 3.37. The number of phosphoric acid groups is 2. The highest BCUT2D eigenvalue weighted by Crippen LogP contribution is 2.45. The normalized spacial score (nSPS) is 14.5. The van der Waals surface area contributed by atoms with Gasteiger partial charge in [-0.25, -0.2) is 9.13 Å². The third kappa shape index (κ3) is 51.3. The van der Waals surface area contributed by atoms with Crippen LogP contribution in [0, 0.1) is 5.92 Å². The maximum Gasteiger partial charge on any atom is 0.472 e. The fraction of sp³-hybridized carbons (Fsp3) is 0.929. The zero-order valence-electron chi connectivity index (χ0n) is 47.7. The minimum Gasteiger partial charge on any atom is -0.462 e. The Morgan fingerprint density at radius 3 is 0.907 bits per heavy atom. The van der Waals surface area contributed by atoms with Gasteiger partial charge in [-0.1, -0.05) is 221 Å². The van der Waals surface area contributed by atoms with Crippen molar-refractivity contribution >= 4 is 39.5 Å². The molecule has 0 amide bonds. The van der Waals surface area contributed by atoms with Crippen LogP contribution in [-0.4, -0.2) is 96.7 Å². The molecule has 0 aromatic rings. The maximum absolute atomic E-state index is 12.9. The second-order valence-electron chi connectivity index (χ2n) is 20.8. The van der Waals surface area contributed by atoms with E-state index in [1.807, 2.05) is 0 Å². The van der Waals surface area contributed by atoms with Gasteiger partial charge in [0, 0.05) is 25.7 Å². The first-order chi connectivity index (χ1) is 36.0. The predicted octanol–water partition coefficient (Wildman–Crippen LogP) is 14.7. The summed E-state index contributed by atoms with van der Waals surface area (Å²) in [5, 5.41) is 10.5. The molecule has 444 valence electrons. The highest BCUT2D eigenvalue weighted by molar-refractivity contribution is 7.47. The van der Waals surface area contributed by atoms with Crippen LogP contribution in [0.5, 0.6) is 0 Å². The van der Waals surface area contributed by atoms with Gasteiger partial charge in [-0.3, -0.25) is 37.3 Å². The molecular weight excluding hydrogens is 1010 g/mol. The Bertz CT molecular complexity index is 1480. The molecule has 17 nitrogen and oxygen atoms in total. The molecule has 0 aromatic heterocycles. The van der Waals surface area contributed by atoms with Gasteiger partial charge in [-0.15, -0.1) is 0 Å². The molecule has 0 saturated carbocycles. The van der Waals surface area contributed by atoms with Gasteiger partial charge in [0.05, 0.1) is 26.4 Å². The first-order valence-corrected chi connectivity index (χ1v) is 32.6. The van der Waals surface area contributed by atoms with Gasteiger partial charge in [0.15, 0.2) is 12.2 Å². The number of aliphatic hydroxyl groups is 1. The van der Waals surface area contributed by atoms with E-state index >= 15 is 0 Å². The average molecular weight is 1120 g/mol. The number of carbonyl (C=O) groups excluding carboxylic acids is 4. The predicted molar refractivity (Wildman–Crippen MR) is 294 cm³/mol. The van der Waals surface area contributed by atoms with Gasteiger partial charge >= 0.3 is 39.5 Å². The standard InChI is InChI=1S/C56H108O17P2/c1-6-9-12-15-17-18-22-26-30-35-40-54(59)67-46-52(73-56(61)42-37-32-27-23-20-19-21-25-29-33-38-49(4)5)48-71-75(64,65)69-44-50(57)43-68-74(62,63)70-47-51(45-66-53(58)39-34-28-14-11-8-3)72-55(60)41-36-31-24-16-13-10-7-2/h49-52,57H,6-48H2,1-5H3,(H,62,63)(H,64,65)/t50-,51+,52+/m0/s1. The molecule has 0 aromatic carbocycles. The van der Waals surface area contributed by atoms with E-state index in [0.717, 1.165) is 115 Å². The summed E-state index contributed by atoms with van der Waals surface area (Å²) < 4.78 is 67.3. The fourth-order valence-corrected chi connectivity index (χ4v) is 9.75. The molecule has 5 atom stereocenters. The highest BCUT2D eigenvalue weighted by Gasteiger charge is 2.30. The Morgan fingerprint density at radius 1 is 0.360 bits per heavy atom. The quantitative estimate of drug-likeness (QED) is 0.0222. The number of rotatable bonds is 56. The van der Waals surface area contributed by atoms with Crippen molar-refractivity contribution in [2.45, 2.75) is 291 Å². The topological polar surface area (TPSA) is 237 Å². The molecule has 3 N–H and O–H groups in total. The minimum atomic E-state index is -4.93. The van der Waals surface area contributed by atoms with E-state index in [4.69, 9.17) is 37.0 Å². The van der Waals surface area contributed by atoms with Crippen molar-refractivity contribution in [1.82, 2.24) is 0 Å². The lowest BCUT2D eigenvalue weighted by atomic mass is 10.0. The van der Waals surface area contributed by atoms with Crippen molar-refractivity contribution in [2.24, 2.45) is 5.92 Å². The molecule has 0 aliphatic carbocycles. The van der Waals surface area contributed by atoms with Crippen LogP contribution >= 0.6 is 15.6 Å². The van der Waals surface area contributed by atoms with E-state index in [-0.39, 0.29) is 25.7 Å². The summed E-state index contributed by atoms with van der Waals surface area (Å²) in [6, 6.07) is 0. The van der Waals surface area contributed by atoms with E-state index in [9.17, 15) is 43.2 Å². The Hall–Kier alpha value is -1.94. The van der Waals surface area contributed by atoms with E-state index in [1.165, 1.54) is 77.0 Å². The van der Waals surface area contributed by atoms with Crippen LogP contribution in [0.2, 0.25) is 0 Å². The molecular formula is C56H108O17P2. The van der Waals surface area contributed by atoms with Crippen LogP contribution in [0.3, 0.4) is 0 Å². The van der Waals surface area contributed by atoms with E-state index in [0.29, 0.717) is 25.7 Å². The first-order valence-electron chi connectivity index (χ1n) is 29.6. The highest BCUT2D eigenvalue weighted by atomic mass is 31.2.